The number of benzene rings is 1. The summed E-state index contributed by atoms with van der Waals surface area (Å²) >= 11 is 5.78. The molecule has 1 amide bonds. The second kappa shape index (κ2) is 4.79. The van der Waals surface area contributed by atoms with Crippen LogP contribution in [-0.4, -0.2) is 11.0 Å². The van der Waals surface area contributed by atoms with Gasteiger partial charge in [-0.05, 0) is 29.3 Å². The SMILES string of the molecule is NC(=O)C=Cc1ccc(Cl)c(CO)c1. The Morgan fingerprint density at radius 2 is 2.29 bits per heavy atom. The summed E-state index contributed by atoms with van der Waals surface area (Å²) in [7, 11) is 0. The van der Waals surface area contributed by atoms with Crippen molar-refractivity contribution in [1.82, 2.24) is 0 Å². The molecule has 0 fully saturated rings. The highest BCUT2D eigenvalue weighted by atomic mass is 35.5. The van der Waals surface area contributed by atoms with Crippen molar-refractivity contribution in [2.45, 2.75) is 6.61 Å². The lowest BCUT2D eigenvalue weighted by Gasteiger charge is -2.01. The maximum atomic E-state index is 10.5. The molecule has 0 heterocycles. The van der Waals surface area contributed by atoms with Crippen LogP contribution in [0.2, 0.25) is 5.02 Å². The molecule has 4 heteroatoms. The van der Waals surface area contributed by atoms with Crippen molar-refractivity contribution in [1.29, 1.82) is 0 Å². The van der Waals surface area contributed by atoms with Crippen molar-refractivity contribution >= 4 is 23.6 Å². The number of aliphatic hydroxyl groups is 1. The molecule has 3 nitrogen and oxygen atoms in total. The summed E-state index contributed by atoms with van der Waals surface area (Å²) in [6, 6.07) is 5.09. The first kappa shape index (κ1) is 10.8. The fraction of sp³-hybridized carbons (Fsp3) is 0.100. The van der Waals surface area contributed by atoms with Gasteiger partial charge >= 0.3 is 0 Å². The maximum Gasteiger partial charge on any atom is 0.241 e. The number of halogens is 1. The van der Waals surface area contributed by atoms with Gasteiger partial charge < -0.3 is 10.8 Å². The first-order valence-corrected chi connectivity index (χ1v) is 4.38. The van der Waals surface area contributed by atoms with Crippen LogP contribution in [0.3, 0.4) is 0 Å². The number of rotatable bonds is 3. The Hall–Kier alpha value is -1.32. The minimum atomic E-state index is -0.509. The monoisotopic (exact) mass is 211 g/mol. The molecule has 0 unspecified atom stereocenters. The minimum absolute atomic E-state index is 0.128. The number of hydrogen-bond donors (Lipinski definition) is 2. The summed E-state index contributed by atoms with van der Waals surface area (Å²) in [6.07, 6.45) is 2.82. The molecule has 0 aliphatic rings. The van der Waals surface area contributed by atoms with E-state index in [1.807, 2.05) is 0 Å². The van der Waals surface area contributed by atoms with Crippen molar-refractivity contribution in [2.75, 3.05) is 0 Å². The number of carbonyl (C=O) groups excluding carboxylic acids is 1. The smallest absolute Gasteiger partial charge is 0.241 e. The summed E-state index contributed by atoms with van der Waals surface area (Å²) in [5, 5.41) is 9.42. The molecule has 0 aromatic heterocycles. The molecular weight excluding hydrogens is 202 g/mol. The Balaban J connectivity index is 2.95. The van der Waals surface area contributed by atoms with Crippen molar-refractivity contribution in [3.63, 3.8) is 0 Å². The van der Waals surface area contributed by atoms with Gasteiger partial charge in [0.2, 0.25) is 5.91 Å². The van der Waals surface area contributed by atoms with Crippen LogP contribution in [0, 0.1) is 0 Å². The number of hydrogen-bond acceptors (Lipinski definition) is 2. The Bertz CT molecular complexity index is 374. The van der Waals surface area contributed by atoms with Gasteiger partial charge in [-0.2, -0.15) is 0 Å². The van der Waals surface area contributed by atoms with Crippen molar-refractivity contribution in [3.05, 3.63) is 40.4 Å². The molecule has 1 aromatic rings. The highest BCUT2D eigenvalue weighted by Crippen LogP contribution is 2.18. The lowest BCUT2D eigenvalue weighted by atomic mass is 10.1. The van der Waals surface area contributed by atoms with Gasteiger partial charge in [-0.3, -0.25) is 4.79 Å². The van der Waals surface area contributed by atoms with Crippen LogP contribution in [0.5, 0.6) is 0 Å². The largest absolute Gasteiger partial charge is 0.392 e. The Morgan fingerprint density at radius 3 is 2.86 bits per heavy atom. The summed E-state index contributed by atoms with van der Waals surface area (Å²) in [5.74, 6) is -0.509. The normalized spacial score (nSPS) is 10.7. The number of aliphatic hydroxyl groups excluding tert-OH is 1. The zero-order valence-electron chi connectivity index (χ0n) is 7.40. The molecule has 0 aliphatic heterocycles. The topological polar surface area (TPSA) is 63.3 Å². The number of primary amides is 1. The van der Waals surface area contributed by atoms with Gasteiger partial charge in [0.15, 0.2) is 0 Å². The van der Waals surface area contributed by atoms with E-state index in [4.69, 9.17) is 22.4 Å². The van der Waals surface area contributed by atoms with Gasteiger partial charge in [-0.1, -0.05) is 17.7 Å². The van der Waals surface area contributed by atoms with Gasteiger partial charge in [0.05, 0.1) is 6.61 Å². The molecular formula is C10H10ClNO2. The van der Waals surface area contributed by atoms with Crippen LogP contribution in [0.15, 0.2) is 24.3 Å². The first-order valence-electron chi connectivity index (χ1n) is 4.00. The molecule has 3 N–H and O–H groups in total. The zero-order chi connectivity index (χ0) is 10.6. The molecule has 0 aliphatic carbocycles. The Kier molecular flexibility index (Phi) is 3.68. The fourth-order valence-corrected chi connectivity index (χ4v) is 1.18. The van der Waals surface area contributed by atoms with Crippen molar-refractivity contribution in [2.24, 2.45) is 5.73 Å². The van der Waals surface area contributed by atoms with Crippen molar-refractivity contribution < 1.29 is 9.90 Å². The third-order valence-electron chi connectivity index (χ3n) is 1.68. The highest BCUT2D eigenvalue weighted by Gasteiger charge is 1.98. The van der Waals surface area contributed by atoms with Gasteiger partial charge in [0.25, 0.3) is 0 Å². The van der Waals surface area contributed by atoms with E-state index in [2.05, 4.69) is 0 Å². The van der Waals surface area contributed by atoms with E-state index >= 15 is 0 Å². The Labute approximate surface area is 86.8 Å². The molecule has 74 valence electrons. The average Bonchev–Trinajstić information content (AvgIpc) is 2.16. The van der Waals surface area contributed by atoms with Crippen LogP contribution in [0.1, 0.15) is 11.1 Å². The zero-order valence-corrected chi connectivity index (χ0v) is 8.16. The molecule has 1 rings (SSSR count). The van der Waals surface area contributed by atoms with E-state index in [0.29, 0.717) is 10.6 Å². The molecule has 1 aromatic carbocycles. The van der Waals surface area contributed by atoms with Crippen molar-refractivity contribution in [3.8, 4) is 0 Å². The molecule has 14 heavy (non-hydrogen) atoms. The second-order valence-corrected chi connectivity index (χ2v) is 3.15. The highest BCUT2D eigenvalue weighted by molar-refractivity contribution is 6.31. The summed E-state index contributed by atoms with van der Waals surface area (Å²) in [5.41, 5.74) is 6.34. The Morgan fingerprint density at radius 1 is 1.57 bits per heavy atom. The summed E-state index contributed by atoms with van der Waals surface area (Å²) in [4.78, 5) is 10.5. The van der Waals surface area contributed by atoms with E-state index < -0.39 is 5.91 Å². The van der Waals surface area contributed by atoms with Crippen LogP contribution in [0.4, 0.5) is 0 Å². The van der Waals surface area contributed by atoms with Crippen LogP contribution < -0.4 is 5.73 Å². The van der Waals surface area contributed by atoms with Crippen LogP contribution in [-0.2, 0) is 11.4 Å². The molecule has 0 spiro atoms. The third-order valence-corrected chi connectivity index (χ3v) is 2.05. The summed E-state index contributed by atoms with van der Waals surface area (Å²) in [6.45, 7) is -0.128. The quantitative estimate of drug-likeness (QED) is 0.741. The van der Waals surface area contributed by atoms with Crippen LogP contribution in [0.25, 0.3) is 6.08 Å². The molecule has 0 atom stereocenters. The van der Waals surface area contributed by atoms with E-state index in [0.717, 1.165) is 5.56 Å². The lowest BCUT2D eigenvalue weighted by molar-refractivity contribution is -0.113. The fourth-order valence-electron chi connectivity index (χ4n) is 0.998. The van der Waals surface area contributed by atoms with Gasteiger partial charge in [-0.15, -0.1) is 0 Å². The summed E-state index contributed by atoms with van der Waals surface area (Å²) < 4.78 is 0. The van der Waals surface area contributed by atoms with E-state index in [-0.39, 0.29) is 6.61 Å². The predicted octanol–water partition coefficient (Wildman–Crippen LogP) is 1.33. The maximum absolute atomic E-state index is 10.5. The lowest BCUT2D eigenvalue weighted by Crippen LogP contribution is -2.05. The molecule has 0 bridgehead atoms. The minimum Gasteiger partial charge on any atom is -0.392 e. The molecule has 0 radical (unpaired) electrons. The number of carbonyl (C=O) groups is 1. The van der Waals surface area contributed by atoms with E-state index in [9.17, 15) is 4.79 Å². The first-order chi connectivity index (χ1) is 6.63. The standard InChI is InChI=1S/C10H10ClNO2/c11-9-3-1-7(2-4-10(12)14)5-8(9)6-13/h1-5,13H,6H2,(H2,12,14). The van der Waals surface area contributed by atoms with E-state index in [1.165, 1.54) is 6.08 Å². The number of amides is 1. The van der Waals surface area contributed by atoms with Gasteiger partial charge in [-0.25, -0.2) is 0 Å². The second-order valence-electron chi connectivity index (χ2n) is 2.74. The van der Waals surface area contributed by atoms with Gasteiger partial charge in [0, 0.05) is 11.1 Å². The molecule has 0 saturated heterocycles. The van der Waals surface area contributed by atoms with Gasteiger partial charge in [0.1, 0.15) is 0 Å². The molecule has 0 saturated carbocycles. The third kappa shape index (κ3) is 2.87. The van der Waals surface area contributed by atoms with Crippen LogP contribution >= 0.6 is 11.6 Å². The average molecular weight is 212 g/mol. The van der Waals surface area contributed by atoms with E-state index in [1.54, 1.807) is 24.3 Å². The number of nitrogens with two attached hydrogens (primary N) is 1. The predicted molar refractivity (Wildman–Crippen MR) is 55.6 cm³/mol.